The molecular weight excluding hydrogens is 417 g/mol. The normalized spacial score (nSPS) is 16.1. The van der Waals surface area contributed by atoms with E-state index in [1.54, 1.807) is 35.6 Å². The number of rotatable bonds is 7. The number of benzene rings is 2. The lowest BCUT2D eigenvalue weighted by molar-refractivity contribution is -0.124. The lowest BCUT2D eigenvalue weighted by Crippen LogP contribution is -2.39. The molecule has 0 radical (unpaired) electrons. The molecule has 0 bridgehead atoms. The van der Waals surface area contributed by atoms with E-state index in [4.69, 9.17) is 0 Å². The number of hydrogen-bond acceptors (Lipinski definition) is 4. The van der Waals surface area contributed by atoms with Crippen LogP contribution in [-0.4, -0.2) is 35.3 Å². The minimum Gasteiger partial charge on any atom is -0.326 e. The fourth-order valence-electron chi connectivity index (χ4n) is 3.51. The minimum absolute atomic E-state index is 0.165. The number of amides is 4. The second-order valence-corrected chi connectivity index (χ2v) is 8.12. The van der Waals surface area contributed by atoms with Gasteiger partial charge in [0, 0.05) is 17.1 Å². The van der Waals surface area contributed by atoms with Crippen LogP contribution < -0.4 is 10.2 Å². The largest absolute Gasteiger partial charge is 0.332 e. The Hall–Kier alpha value is -3.52. The molecule has 1 fully saturated rings. The van der Waals surface area contributed by atoms with E-state index in [2.05, 4.69) is 5.32 Å². The zero-order chi connectivity index (χ0) is 21.8. The van der Waals surface area contributed by atoms with E-state index in [-0.39, 0.29) is 18.0 Å². The summed E-state index contributed by atoms with van der Waals surface area (Å²) in [5.74, 6) is -1.32. The van der Waals surface area contributed by atoms with Gasteiger partial charge in [0.15, 0.2) is 0 Å². The molecule has 0 unspecified atom stereocenters. The van der Waals surface area contributed by atoms with Crippen molar-refractivity contribution in [2.24, 2.45) is 0 Å². The van der Waals surface area contributed by atoms with Gasteiger partial charge in [-0.05, 0) is 54.3 Å². The van der Waals surface area contributed by atoms with Crippen LogP contribution in [0.4, 0.5) is 20.6 Å². The maximum absolute atomic E-state index is 13.3. The number of nitrogens with one attached hydrogen (secondary N) is 1. The summed E-state index contributed by atoms with van der Waals surface area (Å²) in [7, 11) is 0. The first kappa shape index (κ1) is 20.7. The van der Waals surface area contributed by atoms with Crippen molar-refractivity contribution in [1.82, 2.24) is 4.90 Å². The maximum Gasteiger partial charge on any atom is 0.332 e. The average Bonchev–Trinajstić information content (AvgIpc) is 3.35. The molecule has 6 nitrogen and oxygen atoms in total. The number of urea groups is 1. The zero-order valence-electron chi connectivity index (χ0n) is 16.5. The molecule has 1 saturated heterocycles. The molecule has 1 aromatic heterocycles. The van der Waals surface area contributed by atoms with Crippen LogP contribution in [0.25, 0.3) is 0 Å². The third kappa shape index (κ3) is 4.64. The van der Waals surface area contributed by atoms with Crippen LogP contribution in [0.2, 0.25) is 0 Å². The van der Waals surface area contributed by atoms with Gasteiger partial charge in [-0.1, -0.05) is 24.3 Å². The van der Waals surface area contributed by atoms with Gasteiger partial charge in [0.25, 0.3) is 5.91 Å². The molecular formula is C23H20FN3O3S. The molecule has 1 N–H and O–H groups in total. The number of thiophene rings is 1. The van der Waals surface area contributed by atoms with Crippen molar-refractivity contribution < 1.29 is 18.8 Å². The van der Waals surface area contributed by atoms with Gasteiger partial charge in [-0.25, -0.2) is 14.1 Å². The first-order valence-corrected chi connectivity index (χ1v) is 10.7. The van der Waals surface area contributed by atoms with Crippen molar-refractivity contribution in [2.75, 3.05) is 16.8 Å². The van der Waals surface area contributed by atoms with Gasteiger partial charge in [-0.15, -0.1) is 11.3 Å². The predicted molar refractivity (Wildman–Crippen MR) is 117 cm³/mol. The molecule has 0 spiro atoms. The minimum atomic E-state index is -0.929. The molecule has 4 rings (SSSR count). The number of imide groups is 1. The van der Waals surface area contributed by atoms with Gasteiger partial charge >= 0.3 is 6.03 Å². The van der Waals surface area contributed by atoms with Crippen LogP contribution in [0.15, 0.2) is 72.1 Å². The van der Waals surface area contributed by atoms with Crippen molar-refractivity contribution in [1.29, 1.82) is 0 Å². The fourth-order valence-corrected chi connectivity index (χ4v) is 4.21. The highest BCUT2D eigenvalue weighted by atomic mass is 32.1. The Kier molecular flexibility index (Phi) is 6.08. The Labute approximate surface area is 182 Å². The number of carbonyl (C=O) groups is 3. The Bertz CT molecular complexity index is 1070. The van der Waals surface area contributed by atoms with E-state index < -0.39 is 23.8 Å². The maximum atomic E-state index is 13.3. The second kappa shape index (κ2) is 9.09. The standard InChI is InChI=1S/C23H20FN3O3S/c24-16-8-10-18(11-9-16)27-22(29)20(15-21(28)25-17-5-2-1-3-6-17)26(23(27)30)13-12-19-7-4-14-31-19/h1-11,14,20H,12-13,15H2,(H,25,28)/t20-/m1/s1. The van der Waals surface area contributed by atoms with Crippen LogP contribution in [0.3, 0.4) is 0 Å². The number of anilines is 2. The van der Waals surface area contributed by atoms with E-state index in [1.165, 1.54) is 29.2 Å². The number of para-hydroxylation sites is 1. The summed E-state index contributed by atoms with van der Waals surface area (Å²) in [4.78, 5) is 42.4. The van der Waals surface area contributed by atoms with Crippen molar-refractivity contribution in [3.8, 4) is 0 Å². The summed E-state index contributed by atoms with van der Waals surface area (Å²) in [5.41, 5.74) is 0.897. The highest BCUT2D eigenvalue weighted by Gasteiger charge is 2.46. The molecule has 31 heavy (non-hydrogen) atoms. The van der Waals surface area contributed by atoms with E-state index in [0.29, 0.717) is 18.7 Å². The first-order chi connectivity index (χ1) is 15.0. The monoisotopic (exact) mass is 437 g/mol. The Morgan fingerprint density at radius 1 is 1.00 bits per heavy atom. The van der Waals surface area contributed by atoms with E-state index >= 15 is 0 Å². The SMILES string of the molecule is O=C(C[C@@H]1C(=O)N(c2ccc(F)cc2)C(=O)N1CCc1cccs1)Nc1ccccc1. The van der Waals surface area contributed by atoms with Crippen molar-refractivity contribution in [3.05, 3.63) is 82.8 Å². The molecule has 2 aromatic carbocycles. The zero-order valence-corrected chi connectivity index (χ0v) is 17.3. The van der Waals surface area contributed by atoms with Gasteiger partial charge in [-0.3, -0.25) is 9.59 Å². The van der Waals surface area contributed by atoms with Gasteiger partial charge in [0.1, 0.15) is 11.9 Å². The van der Waals surface area contributed by atoms with Gasteiger partial charge in [0.2, 0.25) is 5.91 Å². The smallest absolute Gasteiger partial charge is 0.326 e. The summed E-state index contributed by atoms with van der Waals surface area (Å²) in [6.07, 6.45) is 0.409. The van der Waals surface area contributed by atoms with Gasteiger partial charge in [-0.2, -0.15) is 0 Å². The lowest BCUT2D eigenvalue weighted by atomic mass is 10.1. The van der Waals surface area contributed by atoms with Crippen LogP contribution in [0.5, 0.6) is 0 Å². The topological polar surface area (TPSA) is 69.7 Å². The Morgan fingerprint density at radius 3 is 2.42 bits per heavy atom. The number of nitrogens with zero attached hydrogens (tertiary/aromatic N) is 2. The highest BCUT2D eigenvalue weighted by molar-refractivity contribution is 7.09. The summed E-state index contributed by atoms with van der Waals surface area (Å²) in [6, 6.07) is 16.5. The molecule has 0 aliphatic carbocycles. The molecule has 1 aliphatic rings. The molecule has 8 heteroatoms. The average molecular weight is 437 g/mol. The predicted octanol–water partition coefficient (Wildman–Crippen LogP) is 4.30. The summed E-state index contributed by atoms with van der Waals surface area (Å²) in [6.45, 7) is 0.298. The van der Waals surface area contributed by atoms with Crippen LogP contribution in [-0.2, 0) is 16.0 Å². The van der Waals surface area contributed by atoms with Crippen molar-refractivity contribution >= 4 is 40.6 Å². The van der Waals surface area contributed by atoms with Crippen molar-refractivity contribution in [3.63, 3.8) is 0 Å². The van der Waals surface area contributed by atoms with Gasteiger partial charge < -0.3 is 10.2 Å². The quantitative estimate of drug-likeness (QED) is 0.561. The molecule has 1 aliphatic heterocycles. The third-order valence-electron chi connectivity index (χ3n) is 5.02. The number of hydrogen-bond donors (Lipinski definition) is 1. The molecule has 3 aromatic rings. The second-order valence-electron chi connectivity index (χ2n) is 7.09. The number of halogens is 1. The van der Waals surface area contributed by atoms with Crippen LogP contribution >= 0.6 is 11.3 Å². The van der Waals surface area contributed by atoms with E-state index in [9.17, 15) is 18.8 Å². The lowest BCUT2D eigenvalue weighted by Gasteiger charge is -2.21. The molecule has 2 heterocycles. The highest BCUT2D eigenvalue weighted by Crippen LogP contribution is 2.28. The summed E-state index contributed by atoms with van der Waals surface area (Å²) >= 11 is 1.57. The van der Waals surface area contributed by atoms with E-state index in [0.717, 1.165) is 9.78 Å². The first-order valence-electron chi connectivity index (χ1n) is 9.80. The molecule has 1 atom stereocenters. The summed E-state index contributed by atoms with van der Waals surface area (Å²) in [5, 5.41) is 4.71. The van der Waals surface area contributed by atoms with Crippen LogP contribution in [0.1, 0.15) is 11.3 Å². The summed E-state index contributed by atoms with van der Waals surface area (Å²) < 4.78 is 13.3. The van der Waals surface area contributed by atoms with Crippen molar-refractivity contribution in [2.45, 2.75) is 18.9 Å². The van der Waals surface area contributed by atoms with Crippen LogP contribution in [0, 0.1) is 5.82 Å². The number of carbonyl (C=O) groups excluding carboxylic acids is 3. The van der Waals surface area contributed by atoms with E-state index in [1.807, 2.05) is 23.6 Å². The third-order valence-corrected chi connectivity index (χ3v) is 5.96. The fraction of sp³-hybridized carbons (Fsp3) is 0.174. The van der Waals surface area contributed by atoms with Gasteiger partial charge in [0.05, 0.1) is 12.1 Å². The molecule has 158 valence electrons. The Balaban J connectivity index is 1.55. The molecule has 0 saturated carbocycles. The Morgan fingerprint density at radius 2 is 1.74 bits per heavy atom. The molecule has 4 amide bonds.